The Bertz CT molecular complexity index is 202. The van der Waals surface area contributed by atoms with E-state index in [-0.39, 0.29) is 12.2 Å². The number of hydrogen-bond donors (Lipinski definition) is 1. The largest absolute Gasteiger partial charge is 0.377 e. The quantitative estimate of drug-likeness (QED) is 0.636. The maximum Gasteiger partial charge on any atom is 0.0971 e. The lowest BCUT2D eigenvalue weighted by Gasteiger charge is -2.27. The van der Waals surface area contributed by atoms with Crippen LogP contribution in [0.5, 0.6) is 0 Å². The van der Waals surface area contributed by atoms with Crippen LogP contribution in [0.3, 0.4) is 0 Å². The summed E-state index contributed by atoms with van der Waals surface area (Å²) in [5.74, 6) is 0. The molecule has 0 amide bonds. The SMILES string of the molecule is CCCNCC(CCC)N1CC(OC)C(OC)C1. The Morgan fingerprint density at radius 1 is 1.11 bits per heavy atom. The summed E-state index contributed by atoms with van der Waals surface area (Å²) in [6, 6.07) is 0.611. The van der Waals surface area contributed by atoms with Gasteiger partial charge in [-0.2, -0.15) is 0 Å². The van der Waals surface area contributed by atoms with E-state index in [1.165, 1.54) is 19.3 Å². The molecule has 0 spiro atoms. The predicted molar refractivity (Wildman–Crippen MR) is 75.0 cm³/mol. The van der Waals surface area contributed by atoms with Crippen molar-refractivity contribution in [2.45, 2.75) is 51.4 Å². The zero-order valence-electron chi connectivity index (χ0n) is 12.4. The summed E-state index contributed by atoms with van der Waals surface area (Å²) in [4.78, 5) is 2.52. The van der Waals surface area contributed by atoms with E-state index in [9.17, 15) is 0 Å². The van der Waals surface area contributed by atoms with E-state index in [4.69, 9.17) is 9.47 Å². The minimum atomic E-state index is 0.223. The maximum atomic E-state index is 5.51. The lowest BCUT2D eigenvalue weighted by molar-refractivity contribution is -0.00461. The summed E-state index contributed by atoms with van der Waals surface area (Å²) >= 11 is 0. The molecule has 1 aliphatic heterocycles. The standard InChI is InChI=1S/C14H30N2O2/c1-5-7-12(9-15-8-6-2)16-10-13(17-3)14(11-16)18-4/h12-15H,5-11H2,1-4H3. The molecule has 0 saturated carbocycles. The first-order chi connectivity index (χ1) is 8.76. The van der Waals surface area contributed by atoms with Gasteiger partial charge in [0, 0.05) is 39.9 Å². The fourth-order valence-corrected chi connectivity index (χ4v) is 2.72. The highest BCUT2D eigenvalue weighted by molar-refractivity contribution is 4.90. The van der Waals surface area contributed by atoms with Crippen molar-refractivity contribution in [2.75, 3.05) is 40.4 Å². The number of hydrogen-bond acceptors (Lipinski definition) is 4. The maximum absolute atomic E-state index is 5.51. The van der Waals surface area contributed by atoms with Gasteiger partial charge in [0.05, 0.1) is 12.2 Å². The number of nitrogens with one attached hydrogen (secondary N) is 1. The van der Waals surface area contributed by atoms with E-state index in [0.717, 1.165) is 26.2 Å². The second kappa shape index (κ2) is 8.86. The van der Waals surface area contributed by atoms with Crippen LogP contribution in [0.4, 0.5) is 0 Å². The number of ether oxygens (including phenoxy) is 2. The summed E-state index contributed by atoms with van der Waals surface area (Å²) in [5.41, 5.74) is 0. The number of rotatable bonds is 9. The Morgan fingerprint density at radius 2 is 1.72 bits per heavy atom. The smallest absolute Gasteiger partial charge is 0.0971 e. The van der Waals surface area contributed by atoms with Crippen molar-refractivity contribution in [1.29, 1.82) is 0 Å². The van der Waals surface area contributed by atoms with Crippen LogP contribution in [0, 0.1) is 0 Å². The van der Waals surface area contributed by atoms with Gasteiger partial charge in [-0.25, -0.2) is 0 Å². The highest BCUT2D eigenvalue weighted by Crippen LogP contribution is 2.20. The van der Waals surface area contributed by atoms with Gasteiger partial charge in [-0.3, -0.25) is 4.90 Å². The molecule has 1 saturated heterocycles. The zero-order chi connectivity index (χ0) is 13.4. The normalized spacial score (nSPS) is 26.7. The Hall–Kier alpha value is -0.160. The summed E-state index contributed by atoms with van der Waals surface area (Å²) in [6.45, 7) is 8.63. The van der Waals surface area contributed by atoms with E-state index in [1.807, 2.05) is 0 Å². The Kier molecular flexibility index (Phi) is 7.82. The van der Waals surface area contributed by atoms with Crippen LogP contribution in [-0.4, -0.2) is 63.5 Å². The fraction of sp³-hybridized carbons (Fsp3) is 1.00. The molecule has 108 valence electrons. The van der Waals surface area contributed by atoms with Gasteiger partial charge in [0.1, 0.15) is 0 Å². The first-order valence-electron chi connectivity index (χ1n) is 7.27. The van der Waals surface area contributed by atoms with Gasteiger partial charge in [0.25, 0.3) is 0 Å². The average Bonchev–Trinajstić information content (AvgIpc) is 2.81. The van der Waals surface area contributed by atoms with Crippen LogP contribution in [0.15, 0.2) is 0 Å². The molecular weight excluding hydrogens is 228 g/mol. The summed E-state index contributed by atoms with van der Waals surface area (Å²) in [5, 5.41) is 3.54. The van der Waals surface area contributed by atoms with Crippen LogP contribution in [0.25, 0.3) is 0 Å². The first-order valence-corrected chi connectivity index (χ1v) is 7.27. The van der Waals surface area contributed by atoms with Crippen molar-refractivity contribution in [3.63, 3.8) is 0 Å². The van der Waals surface area contributed by atoms with Crippen LogP contribution in [0.2, 0.25) is 0 Å². The molecule has 4 nitrogen and oxygen atoms in total. The molecule has 3 atom stereocenters. The summed E-state index contributed by atoms with van der Waals surface area (Å²) < 4.78 is 11.0. The predicted octanol–water partition coefficient (Wildman–Crippen LogP) is 1.50. The van der Waals surface area contributed by atoms with Gasteiger partial charge in [0.2, 0.25) is 0 Å². The molecule has 1 N–H and O–H groups in total. The third kappa shape index (κ3) is 4.50. The lowest BCUT2D eigenvalue weighted by atomic mass is 10.1. The minimum Gasteiger partial charge on any atom is -0.377 e. The van der Waals surface area contributed by atoms with Crippen molar-refractivity contribution in [3.8, 4) is 0 Å². The van der Waals surface area contributed by atoms with Crippen LogP contribution in [-0.2, 0) is 9.47 Å². The molecule has 1 fully saturated rings. The molecule has 0 bridgehead atoms. The molecule has 1 rings (SSSR count). The van der Waals surface area contributed by atoms with Gasteiger partial charge < -0.3 is 14.8 Å². The molecule has 4 heteroatoms. The second-order valence-electron chi connectivity index (χ2n) is 5.15. The molecule has 0 aliphatic carbocycles. The Morgan fingerprint density at radius 3 is 2.17 bits per heavy atom. The van der Waals surface area contributed by atoms with E-state index < -0.39 is 0 Å². The van der Waals surface area contributed by atoms with E-state index >= 15 is 0 Å². The van der Waals surface area contributed by atoms with Gasteiger partial charge >= 0.3 is 0 Å². The molecule has 3 unspecified atom stereocenters. The molecule has 0 radical (unpaired) electrons. The zero-order valence-corrected chi connectivity index (χ0v) is 12.4. The molecular formula is C14H30N2O2. The molecule has 1 heterocycles. The van der Waals surface area contributed by atoms with Gasteiger partial charge in [-0.15, -0.1) is 0 Å². The lowest BCUT2D eigenvalue weighted by Crippen LogP contribution is -2.42. The monoisotopic (exact) mass is 258 g/mol. The first kappa shape index (κ1) is 15.9. The van der Waals surface area contributed by atoms with Gasteiger partial charge in [0.15, 0.2) is 0 Å². The van der Waals surface area contributed by atoms with Gasteiger partial charge in [-0.1, -0.05) is 20.3 Å². The van der Waals surface area contributed by atoms with Crippen molar-refractivity contribution in [1.82, 2.24) is 10.2 Å². The Balaban J connectivity index is 2.47. The van der Waals surface area contributed by atoms with Crippen molar-refractivity contribution >= 4 is 0 Å². The van der Waals surface area contributed by atoms with Crippen molar-refractivity contribution in [2.24, 2.45) is 0 Å². The molecule has 0 aromatic carbocycles. The van der Waals surface area contributed by atoms with Crippen LogP contribution < -0.4 is 5.32 Å². The van der Waals surface area contributed by atoms with E-state index in [2.05, 4.69) is 24.1 Å². The highest BCUT2D eigenvalue weighted by Gasteiger charge is 2.35. The third-order valence-corrected chi connectivity index (χ3v) is 3.79. The highest BCUT2D eigenvalue weighted by atomic mass is 16.5. The fourth-order valence-electron chi connectivity index (χ4n) is 2.72. The molecule has 18 heavy (non-hydrogen) atoms. The van der Waals surface area contributed by atoms with Crippen LogP contribution in [0.1, 0.15) is 33.1 Å². The average molecular weight is 258 g/mol. The Labute approximate surface area is 112 Å². The number of nitrogens with zero attached hydrogens (tertiary/aromatic N) is 1. The molecule has 0 aromatic rings. The molecule has 0 aromatic heterocycles. The van der Waals surface area contributed by atoms with Crippen molar-refractivity contribution < 1.29 is 9.47 Å². The number of likely N-dealkylation sites (tertiary alicyclic amines) is 1. The van der Waals surface area contributed by atoms with Gasteiger partial charge in [-0.05, 0) is 19.4 Å². The summed E-state index contributed by atoms with van der Waals surface area (Å²) in [7, 11) is 3.56. The second-order valence-corrected chi connectivity index (χ2v) is 5.15. The van der Waals surface area contributed by atoms with Crippen molar-refractivity contribution in [3.05, 3.63) is 0 Å². The molecule has 1 aliphatic rings. The number of methoxy groups -OCH3 is 2. The van der Waals surface area contributed by atoms with E-state index in [1.54, 1.807) is 14.2 Å². The third-order valence-electron chi connectivity index (χ3n) is 3.79. The topological polar surface area (TPSA) is 33.7 Å². The van der Waals surface area contributed by atoms with E-state index in [0.29, 0.717) is 6.04 Å². The summed E-state index contributed by atoms with van der Waals surface area (Å²) in [6.07, 6.45) is 4.11. The van der Waals surface area contributed by atoms with Crippen LogP contribution >= 0.6 is 0 Å². The minimum absolute atomic E-state index is 0.223.